The fourth-order valence-electron chi connectivity index (χ4n) is 1.67. The van der Waals surface area contributed by atoms with Crippen molar-refractivity contribution < 1.29 is 14.7 Å². The van der Waals surface area contributed by atoms with Crippen molar-refractivity contribution in [3.8, 4) is 0 Å². The summed E-state index contributed by atoms with van der Waals surface area (Å²) < 4.78 is 0. The maximum atomic E-state index is 12.2. The van der Waals surface area contributed by atoms with Crippen LogP contribution < -0.4 is 5.32 Å². The van der Waals surface area contributed by atoms with Gasteiger partial charge in [-0.15, -0.1) is 0 Å². The molecule has 5 nitrogen and oxygen atoms in total. The van der Waals surface area contributed by atoms with Crippen LogP contribution in [-0.2, 0) is 4.79 Å². The molecule has 0 heterocycles. The summed E-state index contributed by atoms with van der Waals surface area (Å²) in [6, 6.07) is 7.23. The van der Waals surface area contributed by atoms with Gasteiger partial charge in [-0.05, 0) is 25.8 Å². The van der Waals surface area contributed by atoms with Gasteiger partial charge >= 0.3 is 12.0 Å². The zero-order valence-electron chi connectivity index (χ0n) is 12.4. The molecule has 1 aromatic carbocycles. The molecule has 20 heavy (non-hydrogen) atoms. The Balaban J connectivity index is 2.88. The third-order valence-electron chi connectivity index (χ3n) is 3.73. The highest BCUT2D eigenvalue weighted by molar-refractivity contribution is 5.83. The summed E-state index contributed by atoms with van der Waals surface area (Å²) >= 11 is 0. The molecule has 0 saturated carbocycles. The minimum absolute atomic E-state index is 0.330. The Morgan fingerprint density at radius 1 is 1.30 bits per heavy atom. The summed E-state index contributed by atoms with van der Waals surface area (Å²) in [5.74, 6) is -1.08. The van der Waals surface area contributed by atoms with E-state index in [1.165, 1.54) is 4.90 Å². The molecule has 2 amide bonds. The average molecular weight is 278 g/mol. The number of carboxylic acids is 1. The molecule has 0 spiro atoms. The number of nitrogens with zero attached hydrogens (tertiary/aromatic N) is 1. The van der Waals surface area contributed by atoms with E-state index in [4.69, 9.17) is 0 Å². The number of aliphatic carboxylic acids is 1. The Labute approximate surface area is 119 Å². The molecule has 0 aliphatic rings. The molecule has 0 bridgehead atoms. The number of benzene rings is 1. The Kier molecular flexibility index (Phi) is 5.13. The zero-order valence-corrected chi connectivity index (χ0v) is 12.4. The number of carbonyl (C=O) groups is 2. The van der Waals surface area contributed by atoms with Crippen molar-refractivity contribution >= 4 is 12.0 Å². The van der Waals surface area contributed by atoms with E-state index >= 15 is 0 Å². The van der Waals surface area contributed by atoms with Gasteiger partial charge in [-0.3, -0.25) is 0 Å². The van der Waals surface area contributed by atoms with Crippen molar-refractivity contribution in [1.29, 1.82) is 0 Å². The van der Waals surface area contributed by atoms with Crippen LogP contribution in [0.2, 0.25) is 0 Å². The standard InChI is InChI=1S/C15H22N2O3/c1-5-15(2,3)17(4)14(20)16-12(13(18)19)11-9-7-6-8-10-11/h6-10,12H,5H2,1-4H3,(H,16,20)(H,18,19)/t12-/m1/s1. The van der Waals surface area contributed by atoms with Crippen molar-refractivity contribution in [3.05, 3.63) is 35.9 Å². The van der Waals surface area contributed by atoms with Crippen LogP contribution in [0.25, 0.3) is 0 Å². The van der Waals surface area contributed by atoms with E-state index in [-0.39, 0.29) is 5.54 Å². The van der Waals surface area contributed by atoms with Gasteiger partial charge < -0.3 is 15.3 Å². The van der Waals surface area contributed by atoms with E-state index < -0.39 is 18.0 Å². The topological polar surface area (TPSA) is 69.6 Å². The minimum Gasteiger partial charge on any atom is -0.479 e. The molecule has 2 N–H and O–H groups in total. The number of urea groups is 1. The fourth-order valence-corrected chi connectivity index (χ4v) is 1.67. The van der Waals surface area contributed by atoms with E-state index in [9.17, 15) is 14.7 Å². The lowest BCUT2D eigenvalue weighted by Crippen LogP contribution is -2.50. The van der Waals surface area contributed by atoms with Gasteiger partial charge in [0.25, 0.3) is 0 Å². The lowest BCUT2D eigenvalue weighted by molar-refractivity contribution is -0.139. The quantitative estimate of drug-likeness (QED) is 0.870. The summed E-state index contributed by atoms with van der Waals surface area (Å²) in [7, 11) is 1.67. The van der Waals surface area contributed by atoms with Gasteiger partial charge in [-0.2, -0.15) is 0 Å². The van der Waals surface area contributed by atoms with Crippen LogP contribution in [0.5, 0.6) is 0 Å². The molecule has 0 aliphatic carbocycles. The predicted octanol–water partition coefficient (Wildman–Crippen LogP) is 2.64. The molecule has 0 fully saturated rings. The maximum absolute atomic E-state index is 12.2. The normalized spacial score (nSPS) is 12.6. The van der Waals surface area contributed by atoms with Crippen LogP contribution in [0.15, 0.2) is 30.3 Å². The molecule has 1 aromatic rings. The number of amides is 2. The molecule has 0 saturated heterocycles. The van der Waals surface area contributed by atoms with Crippen molar-refractivity contribution in [3.63, 3.8) is 0 Å². The van der Waals surface area contributed by atoms with Crippen molar-refractivity contribution in [2.75, 3.05) is 7.05 Å². The van der Waals surface area contributed by atoms with E-state index in [0.29, 0.717) is 5.56 Å². The van der Waals surface area contributed by atoms with Gasteiger partial charge in [0.15, 0.2) is 6.04 Å². The van der Waals surface area contributed by atoms with E-state index in [0.717, 1.165) is 6.42 Å². The van der Waals surface area contributed by atoms with Crippen molar-refractivity contribution in [2.24, 2.45) is 0 Å². The molecular weight excluding hydrogens is 256 g/mol. The summed E-state index contributed by atoms with van der Waals surface area (Å²) in [4.78, 5) is 25.1. The average Bonchev–Trinajstić information content (AvgIpc) is 2.44. The third kappa shape index (κ3) is 3.73. The molecule has 0 aromatic heterocycles. The molecular formula is C15H22N2O3. The highest BCUT2D eigenvalue weighted by atomic mass is 16.4. The van der Waals surface area contributed by atoms with Crippen LogP contribution in [0.3, 0.4) is 0 Å². The van der Waals surface area contributed by atoms with E-state index in [1.807, 2.05) is 20.8 Å². The van der Waals surface area contributed by atoms with Crippen LogP contribution in [0.4, 0.5) is 4.79 Å². The van der Waals surface area contributed by atoms with Gasteiger partial charge in [0.2, 0.25) is 0 Å². The van der Waals surface area contributed by atoms with Crippen LogP contribution in [0.1, 0.15) is 38.8 Å². The van der Waals surface area contributed by atoms with Crippen molar-refractivity contribution in [1.82, 2.24) is 10.2 Å². The second-order valence-corrected chi connectivity index (χ2v) is 5.36. The number of nitrogens with one attached hydrogen (secondary N) is 1. The Morgan fingerprint density at radius 2 is 1.85 bits per heavy atom. The third-order valence-corrected chi connectivity index (χ3v) is 3.73. The largest absolute Gasteiger partial charge is 0.479 e. The lowest BCUT2D eigenvalue weighted by Gasteiger charge is -2.35. The Hall–Kier alpha value is -2.04. The van der Waals surface area contributed by atoms with Gasteiger partial charge in [-0.25, -0.2) is 9.59 Å². The van der Waals surface area contributed by atoms with Gasteiger partial charge in [0.1, 0.15) is 0 Å². The minimum atomic E-state index is -1.08. The van der Waals surface area contributed by atoms with E-state index in [1.54, 1.807) is 37.4 Å². The molecule has 1 rings (SSSR count). The van der Waals surface area contributed by atoms with Gasteiger partial charge in [0.05, 0.1) is 0 Å². The molecule has 0 aliphatic heterocycles. The monoisotopic (exact) mass is 278 g/mol. The van der Waals surface area contributed by atoms with E-state index in [2.05, 4.69) is 5.32 Å². The SMILES string of the molecule is CCC(C)(C)N(C)C(=O)N[C@@H](C(=O)O)c1ccccc1. The fraction of sp³-hybridized carbons (Fsp3) is 0.467. The number of carbonyl (C=O) groups excluding carboxylic acids is 1. The van der Waals surface area contributed by atoms with Gasteiger partial charge in [-0.1, -0.05) is 37.3 Å². The summed E-state index contributed by atoms with van der Waals surface area (Å²) in [5, 5.41) is 11.8. The predicted molar refractivity (Wildman–Crippen MR) is 77.5 cm³/mol. The van der Waals surface area contributed by atoms with Crippen LogP contribution in [0, 0.1) is 0 Å². The molecule has 5 heteroatoms. The molecule has 110 valence electrons. The summed E-state index contributed by atoms with van der Waals surface area (Å²) in [6.45, 7) is 5.85. The number of hydrogen-bond acceptors (Lipinski definition) is 2. The zero-order chi connectivity index (χ0) is 15.3. The molecule has 0 radical (unpaired) electrons. The first-order valence-corrected chi connectivity index (χ1v) is 6.61. The smallest absolute Gasteiger partial charge is 0.330 e. The first-order chi connectivity index (χ1) is 9.29. The van der Waals surface area contributed by atoms with Gasteiger partial charge in [0, 0.05) is 12.6 Å². The molecule has 0 unspecified atom stereocenters. The number of carboxylic acid groups (broad SMARTS) is 1. The first kappa shape index (κ1) is 16.0. The highest BCUT2D eigenvalue weighted by Gasteiger charge is 2.29. The number of rotatable bonds is 5. The van der Waals surface area contributed by atoms with Crippen molar-refractivity contribution in [2.45, 2.75) is 38.8 Å². The summed E-state index contributed by atoms with van der Waals surface area (Å²) in [6.07, 6.45) is 0.778. The first-order valence-electron chi connectivity index (χ1n) is 6.61. The molecule has 1 atom stereocenters. The second kappa shape index (κ2) is 6.41. The highest BCUT2D eigenvalue weighted by Crippen LogP contribution is 2.18. The lowest BCUT2D eigenvalue weighted by atomic mass is 10.0. The number of hydrogen-bond donors (Lipinski definition) is 2. The summed E-state index contributed by atoms with van der Waals surface area (Å²) in [5.41, 5.74) is 0.222. The Bertz CT molecular complexity index is 471. The maximum Gasteiger partial charge on any atom is 0.330 e. The van der Waals surface area contributed by atoms with Crippen LogP contribution in [-0.4, -0.2) is 34.6 Å². The van der Waals surface area contributed by atoms with Crippen LogP contribution >= 0.6 is 0 Å². The Morgan fingerprint density at radius 3 is 2.30 bits per heavy atom. The second-order valence-electron chi connectivity index (χ2n) is 5.36.